The largest absolute Gasteiger partial charge is 0.373 e. The Morgan fingerprint density at radius 1 is 1.32 bits per heavy atom. The molecule has 1 aliphatic carbocycles. The summed E-state index contributed by atoms with van der Waals surface area (Å²) in [5.74, 6) is 0.506. The van der Waals surface area contributed by atoms with Gasteiger partial charge in [-0.1, -0.05) is 19.1 Å². The fourth-order valence-electron chi connectivity index (χ4n) is 3.61. The third-order valence-corrected chi connectivity index (χ3v) is 6.13. The van der Waals surface area contributed by atoms with E-state index >= 15 is 0 Å². The minimum atomic E-state index is -0.982. The molecule has 6 nitrogen and oxygen atoms in total. The summed E-state index contributed by atoms with van der Waals surface area (Å²) in [4.78, 5) is 12.4. The lowest BCUT2D eigenvalue weighted by molar-refractivity contribution is 0.207. The van der Waals surface area contributed by atoms with Gasteiger partial charge in [0.1, 0.15) is 11.6 Å². The molecular weight excluding hydrogens is 429 g/mol. The molecule has 180 valence electrons. The summed E-state index contributed by atoms with van der Waals surface area (Å²) in [6.07, 6.45) is 11.5. The van der Waals surface area contributed by atoms with Crippen molar-refractivity contribution < 1.29 is 9.50 Å². The fourth-order valence-corrected chi connectivity index (χ4v) is 3.61. The van der Waals surface area contributed by atoms with Crippen LogP contribution in [0.5, 0.6) is 0 Å². The molecule has 1 aliphatic heterocycles. The van der Waals surface area contributed by atoms with Crippen LogP contribution in [0.1, 0.15) is 61.7 Å². The van der Waals surface area contributed by atoms with Gasteiger partial charge in [0.25, 0.3) is 0 Å². The number of aromatic nitrogens is 1. The van der Waals surface area contributed by atoms with E-state index in [1.165, 1.54) is 6.07 Å². The highest BCUT2D eigenvalue weighted by Gasteiger charge is 2.40. The normalized spacial score (nSPS) is 19.0. The molecule has 1 aromatic carbocycles. The third kappa shape index (κ3) is 6.38. The van der Waals surface area contributed by atoms with Gasteiger partial charge in [0.15, 0.2) is 6.23 Å². The predicted molar refractivity (Wildman–Crippen MR) is 139 cm³/mol. The Balaban J connectivity index is 0.000000271. The number of anilines is 1. The van der Waals surface area contributed by atoms with Crippen LogP contribution in [0.2, 0.25) is 0 Å². The maximum Gasteiger partial charge on any atom is 0.151 e. The molecule has 0 amide bonds. The number of halogens is 1. The molecule has 3 N–H and O–H groups in total. The number of allylic oxidation sites excluding steroid dienone is 1. The summed E-state index contributed by atoms with van der Waals surface area (Å²) in [5.41, 5.74) is 3.88. The number of aliphatic imine (C=N–C) groups is 2. The number of nitrogens with one attached hydrogen (secondary N) is 2. The highest BCUT2D eigenvalue weighted by molar-refractivity contribution is 5.62. The molecule has 0 bridgehead atoms. The quantitative estimate of drug-likeness (QED) is 0.384. The molecule has 1 fully saturated rings. The molecule has 2 aromatic rings. The van der Waals surface area contributed by atoms with Crippen LogP contribution in [-0.2, 0) is 5.41 Å². The smallest absolute Gasteiger partial charge is 0.151 e. The Labute approximate surface area is 201 Å². The van der Waals surface area contributed by atoms with Crippen molar-refractivity contribution in [3.8, 4) is 0 Å². The Bertz CT molecular complexity index is 1100. The fraction of sp³-hybridized carbons (Fsp3) is 0.370. The Kier molecular flexibility index (Phi) is 8.34. The first kappa shape index (κ1) is 25.3. The van der Waals surface area contributed by atoms with Gasteiger partial charge in [-0.05, 0) is 74.9 Å². The molecule has 4 rings (SSSR count). The summed E-state index contributed by atoms with van der Waals surface area (Å²) in [7, 11) is 1.84. The molecule has 0 spiro atoms. The van der Waals surface area contributed by atoms with Crippen LogP contribution in [0.15, 0.2) is 58.4 Å². The average Bonchev–Trinajstić information content (AvgIpc) is 3.61. The van der Waals surface area contributed by atoms with Crippen LogP contribution < -0.4 is 10.6 Å². The van der Waals surface area contributed by atoms with E-state index in [0.717, 1.165) is 41.9 Å². The van der Waals surface area contributed by atoms with Gasteiger partial charge in [0.05, 0.1) is 11.7 Å². The van der Waals surface area contributed by atoms with Crippen LogP contribution in [0, 0.1) is 12.7 Å². The lowest BCUT2D eigenvalue weighted by Gasteiger charge is -2.18. The van der Waals surface area contributed by atoms with E-state index in [0.29, 0.717) is 5.56 Å². The number of hydrogen-bond acceptors (Lipinski definition) is 6. The summed E-state index contributed by atoms with van der Waals surface area (Å²) in [6.45, 7) is 9.42. The van der Waals surface area contributed by atoms with E-state index < -0.39 is 6.23 Å². The molecule has 2 aliphatic rings. The zero-order valence-electron chi connectivity index (χ0n) is 20.3. The maximum absolute atomic E-state index is 14.2. The van der Waals surface area contributed by atoms with Crippen LogP contribution in [0.3, 0.4) is 0 Å². The van der Waals surface area contributed by atoms with Crippen molar-refractivity contribution in [2.45, 2.75) is 57.7 Å². The highest BCUT2D eigenvalue weighted by Crippen LogP contribution is 2.46. The van der Waals surface area contributed by atoms with Crippen LogP contribution in [-0.4, -0.2) is 36.1 Å². The first-order chi connectivity index (χ1) is 16.3. The van der Waals surface area contributed by atoms with Gasteiger partial charge in [-0.2, -0.15) is 0 Å². The molecule has 1 aromatic heterocycles. The average molecular weight is 464 g/mol. The van der Waals surface area contributed by atoms with Crippen LogP contribution in [0.4, 0.5) is 10.1 Å². The molecule has 7 heteroatoms. The molecular formula is C27H34FN5O. The number of hydrogen-bond donors (Lipinski definition) is 3. The van der Waals surface area contributed by atoms with Gasteiger partial charge in [0.2, 0.25) is 0 Å². The third-order valence-electron chi connectivity index (χ3n) is 6.13. The predicted octanol–water partition coefficient (Wildman–Crippen LogP) is 5.31. The van der Waals surface area contributed by atoms with Crippen molar-refractivity contribution in [3.05, 3.63) is 76.6 Å². The number of aliphatic hydroxyl groups excluding tert-OH is 1. The number of benzene rings is 1. The number of pyridine rings is 1. The number of aliphatic hydroxyl groups is 1. The number of aryl methyl sites for hydroxylation is 1. The summed E-state index contributed by atoms with van der Waals surface area (Å²) < 4.78 is 14.2. The summed E-state index contributed by atoms with van der Waals surface area (Å²) in [5, 5.41) is 16.3. The molecule has 0 saturated heterocycles. The van der Waals surface area contributed by atoms with Crippen LogP contribution >= 0.6 is 0 Å². The molecule has 2 heterocycles. The topological polar surface area (TPSA) is 81.9 Å². The van der Waals surface area contributed by atoms with E-state index in [4.69, 9.17) is 0 Å². The second-order valence-corrected chi connectivity index (χ2v) is 8.87. The van der Waals surface area contributed by atoms with Crippen LogP contribution in [0.25, 0.3) is 6.08 Å². The molecule has 2 unspecified atom stereocenters. The van der Waals surface area contributed by atoms with Gasteiger partial charge in [-0.15, -0.1) is 0 Å². The second kappa shape index (κ2) is 11.2. The lowest BCUT2D eigenvalue weighted by Crippen LogP contribution is -2.13. The van der Waals surface area contributed by atoms with Crippen molar-refractivity contribution in [3.63, 3.8) is 0 Å². The van der Waals surface area contributed by atoms with E-state index in [9.17, 15) is 9.50 Å². The van der Waals surface area contributed by atoms with Crippen molar-refractivity contribution in [2.24, 2.45) is 9.98 Å². The molecule has 1 saturated carbocycles. The maximum atomic E-state index is 14.2. The van der Waals surface area contributed by atoms with Crippen molar-refractivity contribution in [2.75, 3.05) is 12.4 Å². The van der Waals surface area contributed by atoms with Crippen molar-refractivity contribution >= 4 is 24.7 Å². The zero-order valence-corrected chi connectivity index (χ0v) is 20.3. The summed E-state index contributed by atoms with van der Waals surface area (Å²) in [6, 6.07) is 7.07. The standard InChI is InChI=1S/C20H23FN2O.C7H11N3/c1-4-5-14-11-17(16(21)10-13(14)2)23-19(24)15-6-9-22-18(12-15)20(3)7-8-20;1-8-6-3-4-10-7(5-6)9-2/h4-6,9-12,19,23-24H,7-8H2,1-3H3;4-6,9H,1,3H2,2H3/b5-4+;. The first-order valence-electron chi connectivity index (χ1n) is 11.5. The molecule has 2 atom stereocenters. The lowest BCUT2D eigenvalue weighted by atomic mass is 10.0. The van der Waals surface area contributed by atoms with Gasteiger partial charge < -0.3 is 15.7 Å². The number of nitrogens with zero attached hydrogens (tertiary/aromatic N) is 3. The van der Waals surface area contributed by atoms with Gasteiger partial charge in [-0.25, -0.2) is 9.38 Å². The van der Waals surface area contributed by atoms with E-state index in [-0.39, 0.29) is 23.0 Å². The molecule has 0 radical (unpaired) electrons. The van der Waals surface area contributed by atoms with E-state index in [2.05, 4.69) is 39.2 Å². The SMILES string of the molecule is C/C=C/c1cc(NC(O)c2ccnc(C3(C)CC3)c2)c(F)cc1C.C=NC1C=C(NC)N=CC1. The number of rotatable bonds is 7. The minimum absolute atomic E-state index is 0.129. The Morgan fingerprint density at radius 3 is 2.74 bits per heavy atom. The van der Waals surface area contributed by atoms with Crippen molar-refractivity contribution in [1.82, 2.24) is 10.3 Å². The van der Waals surface area contributed by atoms with E-state index in [1.807, 2.05) is 51.4 Å². The Morgan fingerprint density at radius 2 is 2.09 bits per heavy atom. The van der Waals surface area contributed by atoms with Gasteiger partial charge in [-0.3, -0.25) is 9.98 Å². The molecule has 34 heavy (non-hydrogen) atoms. The van der Waals surface area contributed by atoms with Gasteiger partial charge in [0, 0.05) is 42.6 Å². The highest BCUT2D eigenvalue weighted by atomic mass is 19.1. The first-order valence-corrected chi connectivity index (χ1v) is 11.5. The van der Waals surface area contributed by atoms with Crippen molar-refractivity contribution in [1.29, 1.82) is 0 Å². The Hall–Kier alpha value is -3.32. The zero-order chi connectivity index (χ0) is 24.7. The second-order valence-electron chi connectivity index (χ2n) is 8.87. The van der Waals surface area contributed by atoms with E-state index in [1.54, 1.807) is 18.3 Å². The summed E-state index contributed by atoms with van der Waals surface area (Å²) >= 11 is 0. The minimum Gasteiger partial charge on any atom is -0.373 e. The monoisotopic (exact) mass is 463 g/mol. The van der Waals surface area contributed by atoms with Gasteiger partial charge >= 0.3 is 0 Å².